The van der Waals surface area contributed by atoms with Gasteiger partial charge in [-0.3, -0.25) is 9.38 Å². The largest absolute Gasteiger partial charge is 0.508 e. The lowest BCUT2D eigenvalue weighted by molar-refractivity contribution is -0.137. The molecular weight excluding hydrogens is 391 g/mol. The molecule has 0 aliphatic carbocycles. The number of allylic oxidation sites excluding steroid dienone is 1. The maximum absolute atomic E-state index is 12.6. The zero-order valence-corrected chi connectivity index (χ0v) is 15.8. The Morgan fingerprint density at radius 3 is 2.40 bits per heavy atom. The van der Waals surface area contributed by atoms with Gasteiger partial charge in [-0.05, 0) is 60.9 Å². The Labute approximate surface area is 171 Å². The van der Waals surface area contributed by atoms with Crippen LogP contribution in [0.25, 0.3) is 23.0 Å². The van der Waals surface area contributed by atoms with Gasteiger partial charge in [-0.15, -0.1) is 0 Å². The van der Waals surface area contributed by atoms with Crippen LogP contribution in [0.5, 0.6) is 5.75 Å². The topological polar surface area (TPSA) is 50.4 Å². The van der Waals surface area contributed by atoms with Gasteiger partial charge < -0.3 is 5.11 Å². The quantitative estimate of drug-likeness (QED) is 0.455. The molecule has 0 unspecified atom stereocenters. The van der Waals surface area contributed by atoms with E-state index < -0.39 is 11.7 Å². The van der Waals surface area contributed by atoms with E-state index >= 15 is 0 Å². The monoisotopic (exact) mass is 409 g/mol. The van der Waals surface area contributed by atoms with E-state index in [0.717, 1.165) is 29.0 Å². The number of aryl methyl sites for hydroxylation is 1. The van der Waals surface area contributed by atoms with E-state index in [1.165, 1.54) is 12.1 Å². The van der Waals surface area contributed by atoms with Crippen molar-refractivity contribution in [2.45, 2.75) is 19.0 Å². The van der Waals surface area contributed by atoms with Crippen LogP contribution in [0.1, 0.15) is 23.2 Å². The van der Waals surface area contributed by atoms with Crippen molar-refractivity contribution in [1.82, 2.24) is 14.4 Å². The van der Waals surface area contributed by atoms with Crippen LogP contribution in [0.2, 0.25) is 0 Å². The van der Waals surface area contributed by atoms with Gasteiger partial charge in [0.25, 0.3) is 0 Å². The van der Waals surface area contributed by atoms with Crippen LogP contribution in [0, 0.1) is 0 Å². The third-order valence-corrected chi connectivity index (χ3v) is 4.78. The Hall–Kier alpha value is -3.61. The summed E-state index contributed by atoms with van der Waals surface area (Å²) < 4.78 is 39.8. The first-order chi connectivity index (χ1) is 14.4. The molecule has 0 radical (unpaired) electrons. The van der Waals surface area contributed by atoms with Crippen LogP contribution in [0.3, 0.4) is 0 Å². The fraction of sp³-hybridized carbons (Fsp3) is 0.130. The van der Waals surface area contributed by atoms with E-state index in [1.54, 1.807) is 24.5 Å². The fourth-order valence-electron chi connectivity index (χ4n) is 3.21. The van der Waals surface area contributed by atoms with Gasteiger partial charge >= 0.3 is 6.18 Å². The second kappa shape index (κ2) is 8.02. The molecule has 4 aromatic rings. The number of benzene rings is 2. The number of nitrogens with zero attached hydrogens (tertiary/aromatic N) is 3. The molecule has 2 heterocycles. The Balaban J connectivity index is 1.47. The highest BCUT2D eigenvalue weighted by Gasteiger charge is 2.29. The van der Waals surface area contributed by atoms with Crippen molar-refractivity contribution in [1.29, 1.82) is 0 Å². The Morgan fingerprint density at radius 1 is 0.967 bits per heavy atom. The molecule has 0 aliphatic rings. The Morgan fingerprint density at radius 2 is 1.70 bits per heavy atom. The summed E-state index contributed by atoms with van der Waals surface area (Å²) in [4.78, 5) is 8.84. The van der Waals surface area contributed by atoms with Gasteiger partial charge in [-0.1, -0.05) is 18.2 Å². The van der Waals surface area contributed by atoms with E-state index in [4.69, 9.17) is 0 Å². The minimum Gasteiger partial charge on any atom is -0.508 e. The molecule has 0 atom stereocenters. The predicted octanol–water partition coefficient (Wildman–Crippen LogP) is 5.77. The molecule has 4 nitrogen and oxygen atoms in total. The highest BCUT2D eigenvalue weighted by atomic mass is 19.4. The normalized spacial score (nSPS) is 12.1. The van der Waals surface area contributed by atoms with Gasteiger partial charge in [0, 0.05) is 18.0 Å². The molecule has 7 heteroatoms. The van der Waals surface area contributed by atoms with Gasteiger partial charge in [0.2, 0.25) is 0 Å². The maximum Gasteiger partial charge on any atom is 0.416 e. The molecule has 0 spiro atoms. The van der Waals surface area contributed by atoms with Crippen molar-refractivity contribution >= 4 is 11.7 Å². The number of imidazole rings is 1. The number of fused-ring (bicyclic) bond motifs is 1. The maximum atomic E-state index is 12.6. The number of phenolic OH excluding ortho intramolecular Hbond substituents is 1. The van der Waals surface area contributed by atoms with E-state index in [1.807, 2.05) is 34.9 Å². The predicted molar refractivity (Wildman–Crippen MR) is 109 cm³/mol. The van der Waals surface area contributed by atoms with E-state index in [0.29, 0.717) is 24.2 Å². The summed E-state index contributed by atoms with van der Waals surface area (Å²) in [7, 11) is 0. The first-order valence-corrected chi connectivity index (χ1v) is 9.36. The number of aromatic nitrogens is 3. The van der Waals surface area contributed by atoms with Crippen LogP contribution in [-0.2, 0) is 12.6 Å². The van der Waals surface area contributed by atoms with Crippen LogP contribution in [-0.4, -0.2) is 19.5 Å². The molecule has 2 aromatic heterocycles. The SMILES string of the molecule is Oc1ccc(-c2cnc3c(/C=C/CCc4ccc(C(F)(F)F)cc4)nccn23)cc1. The van der Waals surface area contributed by atoms with E-state index in [2.05, 4.69) is 9.97 Å². The Bertz CT molecular complexity index is 1180. The first kappa shape index (κ1) is 19.7. The second-order valence-corrected chi connectivity index (χ2v) is 6.83. The van der Waals surface area contributed by atoms with Gasteiger partial charge in [-0.25, -0.2) is 4.98 Å². The molecule has 4 rings (SSSR count). The zero-order chi connectivity index (χ0) is 21.1. The average molecular weight is 409 g/mol. The minimum absolute atomic E-state index is 0.200. The van der Waals surface area contributed by atoms with Crippen LogP contribution >= 0.6 is 0 Å². The summed E-state index contributed by atoms with van der Waals surface area (Å²) in [5, 5.41) is 9.47. The van der Waals surface area contributed by atoms with Gasteiger partial charge in [-0.2, -0.15) is 13.2 Å². The van der Waals surface area contributed by atoms with Crippen molar-refractivity contribution in [3.8, 4) is 17.0 Å². The van der Waals surface area contributed by atoms with Gasteiger partial charge in [0.1, 0.15) is 11.4 Å². The highest BCUT2D eigenvalue weighted by Crippen LogP contribution is 2.29. The number of phenols is 1. The molecule has 0 saturated carbocycles. The highest BCUT2D eigenvalue weighted by molar-refractivity contribution is 5.69. The molecule has 1 N–H and O–H groups in total. The molecular formula is C23H18F3N3O. The number of aromatic hydroxyl groups is 1. The van der Waals surface area contributed by atoms with Crippen molar-refractivity contribution in [2.75, 3.05) is 0 Å². The number of alkyl halides is 3. The van der Waals surface area contributed by atoms with Crippen LogP contribution in [0.15, 0.2) is 73.2 Å². The van der Waals surface area contributed by atoms with E-state index in [9.17, 15) is 18.3 Å². The lowest BCUT2D eigenvalue weighted by Gasteiger charge is -2.07. The number of hydrogen-bond donors (Lipinski definition) is 1. The van der Waals surface area contributed by atoms with Crippen molar-refractivity contribution in [2.24, 2.45) is 0 Å². The van der Waals surface area contributed by atoms with Crippen molar-refractivity contribution < 1.29 is 18.3 Å². The number of hydrogen-bond acceptors (Lipinski definition) is 3. The molecule has 30 heavy (non-hydrogen) atoms. The summed E-state index contributed by atoms with van der Waals surface area (Å²) in [5.74, 6) is 0.200. The first-order valence-electron chi connectivity index (χ1n) is 9.36. The zero-order valence-electron chi connectivity index (χ0n) is 15.8. The van der Waals surface area contributed by atoms with Crippen molar-refractivity contribution in [3.05, 3.63) is 90.0 Å². The molecule has 0 saturated heterocycles. The third-order valence-electron chi connectivity index (χ3n) is 4.78. The Kier molecular flexibility index (Phi) is 5.27. The summed E-state index contributed by atoms with van der Waals surface area (Å²) in [6.45, 7) is 0. The van der Waals surface area contributed by atoms with E-state index in [-0.39, 0.29) is 5.75 Å². The van der Waals surface area contributed by atoms with Gasteiger partial charge in [0.15, 0.2) is 5.65 Å². The third kappa shape index (κ3) is 4.20. The van der Waals surface area contributed by atoms with Gasteiger partial charge in [0.05, 0.1) is 17.5 Å². The summed E-state index contributed by atoms with van der Waals surface area (Å²) in [6.07, 6.45) is 6.06. The fourth-order valence-corrected chi connectivity index (χ4v) is 3.21. The lowest BCUT2D eigenvalue weighted by atomic mass is 10.1. The number of rotatable bonds is 5. The summed E-state index contributed by atoms with van der Waals surface area (Å²) in [5.41, 5.74) is 3.41. The summed E-state index contributed by atoms with van der Waals surface area (Å²) in [6, 6.07) is 12.1. The molecule has 0 bridgehead atoms. The standard InChI is InChI=1S/C23H18F3N3O/c24-23(25,26)18-9-5-16(6-10-18)3-1-2-4-20-22-28-15-21(29(22)14-13-27-20)17-7-11-19(30)12-8-17/h2,4-15,30H,1,3H2/b4-2+. The minimum atomic E-state index is -4.31. The molecule has 152 valence electrons. The lowest BCUT2D eigenvalue weighted by Crippen LogP contribution is -2.04. The average Bonchev–Trinajstić information content (AvgIpc) is 3.16. The molecule has 0 aliphatic heterocycles. The second-order valence-electron chi connectivity index (χ2n) is 6.83. The van der Waals surface area contributed by atoms with Crippen LogP contribution in [0.4, 0.5) is 13.2 Å². The van der Waals surface area contributed by atoms with Crippen LogP contribution < -0.4 is 0 Å². The molecule has 0 fully saturated rings. The van der Waals surface area contributed by atoms with Crippen molar-refractivity contribution in [3.63, 3.8) is 0 Å². The summed E-state index contributed by atoms with van der Waals surface area (Å²) >= 11 is 0. The molecule has 0 amide bonds. The number of halogens is 3. The smallest absolute Gasteiger partial charge is 0.416 e. The molecule has 2 aromatic carbocycles.